The van der Waals surface area contributed by atoms with Crippen LogP contribution in [0.4, 0.5) is 0 Å². The van der Waals surface area contributed by atoms with E-state index < -0.39 is 48.4 Å². The number of nitrogens with one attached hydrogen (secondary N) is 3. The number of unbranched alkanes of at least 4 members (excludes halogenated alkanes) is 1. The molecule has 0 bridgehead atoms. The minimum Gasteiger partial charge on any atom is -0.493 e. The summed E-state index contributed by atoms with van der Waals surface area (Å²) in [4.78, 5) is 59.3. The van der Waals surface area contributed by atoms with Crippen LogP contribution < -0.4 is 42.6 Å². The van der Waals surface area contributed by atoms with Crippen molar-refractivity contribution in [2.75, 3.05) is 26.3 Å². The van der Waals surface area contributed by atoms with Crippen molar-refractivity contribution in [2.45, 2.75) is 76.1 Å². The first-order valence-corrected chi connectivity index (χ1v) is 23.5. The lowest BCUT2D eigenvalue weighted by Gasteiger charge is -2.25. The third kappa shape index (κ3) is 17.1. The van der Waals surface area contributed by atoms with E-state index in [0.29, 0.717) is 43.9 Å². The van der Waals surface area contributed by atoms with E-state index >= 15 is 0 Å². The molecule has 0 fully saturated rings. The van der Waals surface area contributed by atoms with Gasteiger partial charge in [0.15, 0.2) is 12.6 Å². The molecule has 0 aliphatic heterocycles. The highest BCUT2D eigenvalue weighted by atomic mass is 35.5. The highest BCUT2D eigenvalue weighted by Gasteiger charge is 2.30. The van der Waals surface area contributed by atoms with Crippen LogP contribution in [0.15, 0.2) is 151 Å². The first-order chi connectivity index (χ1) is 33.6. The summed E-state index contributed by atoms with van der Waals surface area (Å²) in [5, 5.41) is 12.2. The minimum absolute atomic E-state index is 0. The molecule has 0 radical (unpaired) electrons. The minimum atomic E-state index is -1.14. The van der Waals surface area contributed by atoms with E-state index in [1.807, 2.05) is 115 Å². The lowest BCUT2D eigenvalue weighted by atomic mass is 9.92. The van der Waals surface area contributed by atoms with Crippen molar-refractivity contribution >= 4 is 76.0 Å². The number of guanidine groups is 1. The summed E-state index contributed by atoms with van der Waals surface area (Å²) in [5.74, 6) is -1.45. The summed E-state index contributed by atoms with van der Waals surface area (Å²) in [5.41, 5.74) is 20.5. The topological polar surface area (TPSA) is 222 Å². The molecule has 0 saturated heterocycles. The molecule has 9 N–H and O–H groups in total. The van der Waals surface area contributed by atoms with Gasteiger partial charge < -0.3 is 47.4 Å². The molecule has 0 spiro atoms. The van der Waals surface area contributed by atoms with Crippen molar-refractivity contribution in [1.82, 2.24) is 16.0 Å². The average Bonchev–Trinajstić information content (AvgIpc) is 3.37. The van der Waals surface area contributed by atoms with Crippen LogP contribution in [-0.2, 0) is 36.9 Å². The van der Waals surface area contributed by atoms with Gasteiger partial charge in [0.25, 0.3) is 5.91 Å². The van der Waals surface area contributed by atoms with E-state index in [4.69, 9.17) is 31.4 Å². The number of benzene rings is 6. The Kier molecular flexibility index (Phi) is 23.7. The maximum Gasteiger partial charge on any atom is 0.329 e. The number of hydrogen-bond donors (Lipinski definition) is 6. The number of rotatable bonds is 27. The van der Waals surface area contributed by atoms with Crippen molar-refractivity contribution in [3.05, 3.63) is 157 Å². The number of halogens is 2. The van der Waals surface area contributed by atoms with Crippen LogP contribution in [0, 0.1) is 0 Å². The zero-order valence-electron chi connectivity index (χ0n) is 39.8. The van der Waals surface area contributed by atoms with Gasteiger partial charge >= 0.3 is 5.97 Å². The van der Waals surface area contributed by atoms with E-state index in [2.05, 4.69) is 45.7 Å². The lowest BCUT2D eigenvalue weighted by molar-refractivity contribution is -0.149. The molecule has 6 aromatic carbocycles. The highest BCUT2D eigenvalue weighted by Crippen LogP contribution is 2.45. The predicted octanol–water partition coefficient (Wildman–Crippen LogP) is 7.85. The van der Waals surface area contributed by atoms with E-state index in [1.165, 1.54) is 11.6 Å². The molecule has 6 aromatic rings. The van der Waals surface area contributed by atoms with Gasteiger partial charge in [0.2, 0.25) is 11.8 Å². The number of aryl methyl sites for hydroxylation is 1. The van der Waals surface area contributed by atoms with Crippen LogP contribution in [-0.4, -0.2) is 74.1 Å². The van der Waals surface area contributed by atoms with Crippen LogP contribution in [0.3, 0.4) is 0 Å². The SMILES string of the molecule is C=CC[C@H](NC(=O)[C@@H](CCCN=C(N)N)NC(=O)[C@@H](CCCCN)NC(=O)COc1ccc2ccccc2c1-c1c(OCCCc2ccccc2)ccc2ccccc12)C(=O)OCc1ccccc1.Cl.Cl. The molecule has 6 rings (SSSR count). The number of esters is 1. The van der Waals surface area contributed by atoms with Crippen LogP contribution in [0.2, 0.25) is 0 Å². The first kappa shape index (κ1) is 56.5. The van der Waals surface area contributed by atoms with Gasteiger partial charge in [-0.15, -0.1) is 31.4 Å². The van der Waals surface area contributed by atoms with Crippen LogP contribution in [0.25, 0.3) is 32.7 Å². The monoisotopic (exact) mass is 1010 g/mol. The zero-order valence-corrected chi connectivity index (χ0v) is 41.4. The Morgan fingerprint density at radius 1 is 0.606 bits per heavy atom. The molecule has 3 atom stereocenters. The molecule has 14 nitrogen and oxygen atoms in total. The van der Waals surface area contributed by atoms with Gasteiger partial charge in [0.05, 0.1) is 6.61 Å². The van der Waals surface area contributed by atoms with E-state index in [-0.39, 0.29) is 63.2 Å². The Morgan fingerprint density at radius 2 is 1.14 bits per heavy atom. The standard InChI is InChI=1S/C55H63N7O7.2ClH/c1-2-17-46(54(66)69-36-39-20-7-4-8-21-39)62-53(65)45(28-15-34-59-55(57)58)61-52(64)44(27-13-14-33-56)60-49(63)37-68-48-32-30-41-24-10-12-26-43(41)51(48)50-42-25-11-9-23-40(42)29-31-47(50)67-35-16-22-38-18-5-3-6-19-38;;/h2-12,18-21,23-26,29-32,44-46H,1,13-17,22,27-28,33-37,56H2,(H,60,63)(H,61,64)(H,62,65)(H4,57,58,59);2*1H/t44-,45-,46+;;/m1../s1. The maximum atomic E-state index is 14.2. The van der Waals surface area contributed by atoms with Crippen molar-refractivity contribution in [2.24, 2.45) is 22.2 Å². The molecule has 16 heteroatoms. The van der Waals surface area contributed by atoms with E-state index in [9.17, 15) is 19.2 Å². The highest BCUT2D eigenvalue weighted by molar-refractivity contribution is 6.10. The molecule has 0 unspecified atom stereocenters. The van der Waals surface area contributed by atoms with Crippen LogP contribution in [0.5, 0.6) is 11.5 Å². The van der Waals surface area contributed by atoms with Crippen molar-refractivity contribution < 1.29 is 33.4 Å². The van der Waals surface area contributed by atoms with Gasteiger partial charge in [0.1, 0.15) is 36.2 Å². The lowest BCUT2D eigenvalue weighted by Crippen LogP contribution is -2.56. The normalized spacial score (nSPS) is 11.9. The van der Waals surface area contributed by atoms with Gasteiger partial charge in [-0.05, 0) is 103 Å². The molecular weight excluding hydrogens is 942 g/mol. The number of carbonyl (C=O) groups excluding carboxylic acids is 4. The van der Waals surface area contributed by atoms with Crippen LogP contribution >= 0.6 is 24.8 Å². The maximum absolute atomic E-state index is 14.2. The fourth-order valence-electron chi connectivity index (χ4n) is 8.03. The second-order valence-electron chi connectivity index (χ2n) is 16.6. The Balaban J connectivity index is 0.00000548. The number of nitrogens with zero attached hydrogens (tertiary/aromatic N) is 1. The van der Waals surface area contributed by atoms with E-state index in [1.54, 1.807) is 0 Å². The first-order valence-electron chi connectivity index (χ1n) is 23.5. The number of hydrogen-bond acceptors (Lipinski definition) is 9. The van der Waals surface area contributed by atoms with Crippen molar-refractivity contribution in [3.63, 3.8) is 0 Å². The number of amides is 3. The summed E-state index contributed by atoms with van der Waals surface area (Å²) in [6.07, 6.45) is 4.99. The molecule has 0 saturated carbocycles. The third-order valence-electron chi connectivity index (χ3n) is 11.5. The quantitative estimate of drug-likeness (QED) is 0.00964. The van der Waals surface area contributed by atoms with Crippen molar-refractivity contribution in [1.29, 1.82) is 0 Å². The fourth-order valence-corrected chi connectivity index (χ4v) is 8.03. The van der Waals surface area contributed by atoms with Gasteiger partial charge in [-0.1, -0.05) is 127 Å². The van der Waals surface area contributed by atoms with Crippen LogP contribution in [0.1, 0.15) is 56.1 Å². The predicted molar refractivity (Wildman–Crippen MR) is 287 cm³/mol. The van der Waals surface area contributed by atoms with E-state index in [0.717, 1.165) is 51.1 Å². The van der Waals surface area contributed by atoms with Gasteiger partial charge in [-0.3, -0.25) is 19.4 Å². The summed E-state index contributed by atoms with van der Waals surface area (Å²) < 4.78 is 18.5. The van der Waals surface area contributed by atoms with Gasteiger partial charge in [-0.25, -0.2) is 4.79 Å². The molecule has 71 heavy (non-hydrogen) atoms. The summed E-state index contributed by atoms with van der Waals surface area (Å²) in [6.45, 7) is 4.36. The average molecular weight is 1010 g/mol. The number of nitrogens with two attached hydrogens (primary N) is 3. The zero-order chi connectivity index (χ0) is 48.8. The summed E-state index contributed by atoms with van der Waals surface area (Å²) in [6, 6.07) is 40.0. The number of carbonyl (C=O) groups is 4. The Labute approximate surface area is 428 Å². The Bertz CT molecular complexity index is 2690. The molecule has 0 heterocycles. The number of ether oxygens (including phenoxy) is 3. The van der Waals surface area contributed by atoms with Crippen molar-refractivity contribution in [3.8, 4) is 22.6 Å². The fraction of sp³-hybridized carbons (Fsp3) is 0.291. The number of aliphatic imine (C=N–C) groups is 1. The van der Waals surface area contributed by atoms with Gasteiger partial charge in [-0.2, -0.15) is 0 Å². The smallest absolute Gasteiger partial charge is 0.329 e. The molecule has 3 amide bonds. The Morgan fingerprint density at radius 3 is 1.73 bits per heavy atom. The second kappa shape index (κ2) is 29.8. The number of fused-ring (bicyclic) bond motifs is 2. The second-order valence-corrected chi connectivity index (χ2v) is 16.6. The molecular formula is C55H65Cl2N7O7. The molecule has 376 valence electrons. The largest absolute Gasteiger partial charge is 0.493 e. The van der Waals surface area contributed by atoms with Gasteiger partial charge in [0, 0.05) is 17.7 Å². The molecule has 0 aromatic heterocycles. The summed E-state index contributed by atoms with van der Waals surface area (Å²) in [7, 11) is 0. The molecule has 0 aliphatic carbocycles. The summed E-state index contributed by atoms with van der Waals surface area (Å²) >= 11 is 0. The Hall–Kier alpha value is -7.13. The third-order valence-corrected chi connectivity index (χ3v) is 11.5. The molecule has 0 aliphatic rings.